The second-order valence-electron chi connectivity index (χ2n) is 7.45. The molecule has 2 aliphatic rings. The SMILES string of the molecule is CC(C)(C(=O)N1CCN(c2ccc3nccn3n2)CC1)N1CCCC1. The Kier molecular flexibility index (Phi) is 4.11. The number of imidazole rings is 1. The van der Waals surface area contributed by atoms with Crippen LogP contribution in [0.15, 0.2) is 24.5 Å². The van der Waals surface area contributed by atoms with E-state index in [4.69, 9.17) is 0 Å². The Hall–Kier alpha value is -2.15. The number of aromatic nitrogens is 3. The number of piperazine rings is 1. The lowest BCUT2D eigenvalue weighted by Crippen LogP contribution is -2.59. The quantitative estimate of drug-likeness (QED) is 0.840. The van der Waals surface area contributed by atoms with Crippen LogP contribution in [-0.2, 0) is 4.79 Å². The molecule has 0 saturated carbocycles. The molecule has 7 nitrogen and oxygen atoms in total. The van der Waals surface area contributed by atoms with Crippen LogP contribution < -0.4 is 4.90 Å². The van der Waals surface area contributed by atoms with E-state index < -0.39 is 5.54 Å². The van der Waals surface area contributed by atoms with E-state index >= 15 is 0 Å². The topological polar surface area (TPSA) is 57.0 Å². The number of fused-ring (bicyclic) bond motifs is 1. The number of nitrogens with zero attached hydrogens (tertiary/aromatic N) is 6. The van der Waals surface area contributed by atoms with Crippen LogP contribution in [0.5, 0.6) is 0 Å². The molecule has 134 valence electrons. The van der Waals surface area contributed by atoms with Crippen molar-refractivity contribution in [3.8, 4) is 0 Å². The number of hydrogen-bond donors (Lipinski definition) is 0. The van der Waals surface area contributed by atoms with Crippen LogP contribution in [0.3, 0.4) is 0 Å². The third-order valence-corrected chi connectivity index (χ3v) is 5.55. The zero-order valence-corrected chi connectivity index (χ0v) is 15.1. The van der Waals surface area contributed by atoms with Gasteiger partial charge in [-0.05, 0) is 51.9 Å². The lowest BCUT2D eigenvalue weighted by atomic mass is 10.0. The third-order valence-electron chi connectivity index (χ3n) is 5.55. The summed E-state index contributed by atoms with van der Waals surface area (Å²) in [5, 5.41) is 4.61. The highest BCUT2D eigenvalue weighted by atomic mass is 16.2. The summed E-state index contributed by atoms with van der Waals surface area (Å²) in [6, 6.07) is 3.99. The minimum absolute atomic E-state index is 0.257. The number of likely N-dealkylation sites (tertiary alicyclic amines) is 1. The molecule has 2 fully saturated rings. The summed E-state index contributed by atoms with van der Waals surface area (Å²) in [7, 11) is 0. The monoisotopic (exact) mass is 342 g/mol. The predicted octanol–water partition coefficient (Wildman–Crippen LogP) is 1.25. The van der Waals surface area contributed by atoms with Gasteiger partial charge in [0, 0.05) is 38.6 Å². The van der Waals surface area contributed by atoms with Crippen molar-refractivity contribution < 1.29 is 4.79 Å². The molecule has 2 aliphatic heterocycles. The fraction of sp³-hybridized carbons (Fsp3) is 0.611. The van der Waals surface area contributed by atoms with E-state index in [-0.39, 0.29) is 5.91 Å². The molecule has 25 heavy (non-hydrogen) atoms. The highest BCUT2D eigenvalue weighted by molar-refractivity contribution is 5.85. The van der Waals surface area contributed by atoms with E-state index in [0.717, 1.165) is 50.7 Å². The first-order chi connectivity index (χ1) is 12.1. The molecule has 0 unspecified atom stereocenters. The zero-order valence-electron chi connectivity index (χ0n) is 15.1. The fourth-order valence-electron chi connectivity index (χ4n) is 3.91. The van der Waals surface area contributed by atoms with Gasteiger partial charge in [-0.15, -0.1) is 5.10 Å². The largest absolute Gasteiger partial charge is 0.352 e. The van der Waals surface area contributed by atoms with Gasteiger partial charge in [0.05, 0.1) is 5.54 Å². The molecular formula is C18H26N6O. The lowest BCUT2D eigenvalue weighted by Gasteiger charge is -2.42. The van der Waals surface area contributed by atoms with Gasteiger partial charge in [0.2, 0.25) is 5.91 Å². The van der Waals surface area contributed by atoms with E-state index in [0.29, 0.717) is 0 Å². The minimum Gasteiger partial charge on any atom is -0.352 e. The predicted molar refractivity (Wildman–Crippen MR) is 96.7 cm³/mol. The average Bonchev–Trinajstić information content (AvgIpc) is 3.32. The average molecular weight is 342 g/mol. The van der Waals surface area contributed by atoms with Crippen LogP contribution in [0.4, 0.5) is 5.82 Å². The van der Waals surface area contributed by atoms with E-state index in [1.807, 2.05) is 23.2 Å². The van der Waals surface area contributed by atoms with Crippen molar-refractivity contribution in [1.82, 2.24) is 24.4 Å². The maximum absolute atomic E-state index is 13.0. The first-order valence-corrected chi connectivity index (χ1v) is 9.15. The number of carbonyl (C=O) groups is 1. The molecule has 0 atom stereocenters. The molecule has 4 rings (SSSR count). The Bertz CT molecular complexity index is 756. The van der Waals surface area contributed by atoms with Gasteiger partial charge in [-0.3, -0.25) is 9.69 Å². The molecule has 2 aromatic heterocycles. The van der Waals surface area contributed by atoms with E-state index in [2.05, 4.69) is 33.7 Å². The molecule has 0 bridgehead atoms. The molecule has 0 N–H and O–H groups in total. The van der Waals surface area contributed by atoms with Crippen LogP contribution in [0.1, 0.15) is 26.7 Å². The van der Waals surface area contributed by atoms with Gasteiger partial charge in [-0.1, -0.05) is 0 Å². The van der Waals surface area contributed by atoms with Crippen LogP contribution in [0, 0.1) is 0 Å². The third kappa shape index (κ3) is 2.97. The van der Waals surface area contributed by atoms with Crippen molar-refractivity contribution in [1.29, 1.82) is 0 Å². The normalized spacial score (nSPS) is 19.8. The Morgan fingerprint density at radius 1 is 1.04 bits per heavy atom. The van der Waals surface area contributed by atoms with Gasteiger partial charge in [-0.2, -0.15) is 0 Å². The van der Waals surface area contributed by atoms with Gasteiger partial charge >= 0.3 is 0 Å². The van der Waals surface area contributed by atoms with Gasteiger partial charge in [-0.25, -0.2) is 9.50 Å². The Balaban J connectivity index is 1.41. The zero-order chi connectivity index (χ0) is 17.4. The number of anilines is 1. The highest BCUT2D eigenvalue weighted by Gasteiger charge is 2.39. The number of rotatable bonds is 3. The van der Waals surface area contributed by atoms with Crippen molar-refractivity contribution in [2.24, 2.45) is 0 Å². The van der Waals surface area contributed by atoms with E-state index in [9.17, 15) is 4.79 Å². The van der Waals surface area contributed by atoms with Crippen LogP contribution in [0.2, 0.25) is 0 Å². The van der Waals surface area contributed by atoms with Crippen LogP contribution in [0.25, 0.3) is 5.65 Å². The number of hydrogen-bond acceptors (Lipinski definition) is 5. The summed E-state index contributed by atoms with van der Waals surface area (Å²) >= 11 is 0. The summed E-state index contributed by atoms with van der Waals surface area (Å²) in [4.78, 5) is 23.8. The highest BCUT2D eigenvalue weighted by Crippen LogP contribution is 2.24. The standard InChI is InChI=1S/C18H26N6O/c1-18(2,23-8-3-4-9-23)17(25)22-13-11-21(12-14-22)16-6-5-15-19-7-10-24(15)20-16/h5-7,10H,3-4,8-9,11-14H2,1-2H3. The van der Waals surface area contributed by atoms with Crippen LogP contribution in [-0.4, -0.2) is 75.1 Å². The molecule has 7 heteroatoms. The maximum atomic E-state index is 13.0. The summed E-state index contributed by atoms with van der Waals surface area (Å²) in [5.41, 5.74) is 0.456. The summed E-state index contributed by atoms with van der Waals surface area (Å²) in [6.07, 6.45) is 6.01. The molecule has 0 aliphatic carbocycles. The second kappa shape index (κ2) is 6.29. The molecule has 0 radical (unpaired) electrons. The lowest BCUT2D eigenvalue weighted by molar-refractivity contribution is -0.142. The van der Waals surface area contributed by atoms with Crippen molar-refractivity contribution in [2.45, 2.75) is 32.2 Å². The number of carbonyl (C=O) groups excluding carboxylic acids is 1. The van der Waals surface area contributed by atoms with Crippen molar-refractivity contribution in [2.75, 3.05) is 44.2 Å². The smallest absolute Gasteiger partial charge is 0.242 e. The summed E-state index contributed by atoms with van der Waals surface area (Å²) in [6.45, 7) is 9.34. The van der Waals surface area contributed by atoms with Gasteiger partial charge < -0.3 is 9.80 Å². The Morgan fingerprint density at radius 2 is 1.76 bits per heavy atom. The molecule has 2 aromatic rings. The van der Waals surface area contributed by atoms with Crippen LogP contribution >= 0.6 is 0 Å². The first kappa shape index (κ1) is 16.3. The van der Waals surface area contributed by atoms with Gasteiger partial charge in [0.25, 0.3) is 0 Å². The van der Waals surface area contributed by atoms with Crippen molar-refractivity contribution in [3.63, 3.8) is 0 Å². The van der Waals surface area contributed by atoms with E-state index in [1.54, 1.807) is 10.7 Å². The number of amides is 1. The Morgan fingerprint density at radius 3 is 2.48 bits per heavy atom. The molecule has 2 saturated heterocycles. The minimum atomic E-state index is -0.396. The molecule has 0 spiro atoms. The van der Waals surface area contributed by atoms with Gasteiger partial charge in [0.15, 0.2) is 5.65 Å². The summed E-state index contributed by atoms with van der Waals surface area (Å²) < 4.78 is 1.79. The van der Waals surface area contributed by atoms with Gasteiger partial charge in [0.1, 0.15) is 5.82 Å². The van der Waals surface area contributed by atoms with Crippen molar-refractivity contribution >= 4 is 17.4 Å². The molecular weight excluding hydrogens is 316 g/mol. The molecule has 1 amide bonds. The summed E-state index contributed by atoms with van der Waals surface area (Å²) in [5.74, 6) is 1.20. The fourth-order valence-corrected chi connectivity index (χ4v) is 3.91. The molecule has 4 heterocycles. The maximum Gasteiger partial charge on any atom is 0.242 e. The molecule has 0 aromatic carbocycles. The Labute approximate surface area is 148 Å². The second-order valence-corrected chi connectivity index (χ2v) is 7.45. The van der Waals surface area contributed by atoms with Crippen molar-refractivity contribution in [3.05, 3.63) is 24.5 Å². The van der Waals surface area contributed by atoms with E-state index in [1.165, 1.54) is 12.8 Å². The first-order valence-electron chi connectivity index (χ1n) is 9.15.